The van der Waals surface area contributed by atoms with Gasteiger partial charge in [0.25, 0.3) is 0 Å². The normalized spacial score (nSPS) is 15.4. The van der Waals surface area contributed by atoms with Crippen molar-refractivity contribution in [1.82, 2.24) is 20.0 Å². The first-order valence-electron chi connectivity index (χ1n) is 9.23. The molecule has 0 radical (unpaired) electrons. The second-order valence-corrected chi connectivity index (χ2v) is 7.26. The Kier molecular flexibility index (Phi) is 4.30. The lowest BCUT2D eigenvalue weighted by Gasteiger charge is -2.30. The Morgan fingerprint density at radius 2 is 1.74 bits per heavy atom. The number of nitrogens with zero attached hydrogens (tertiary/aromatic N) is 5. The molecule has 1 saturated heterocycles. The van der Waals surface area contributed by atoms with Gasteiger partial charge in [-0.25, -0.2) is 4.68 Å². The van der Waals surface area contributed by atoms with Crippen molar-refractivity contribution in [3.8, 4) is 5.69 Å². The van der Waals surface area contributed by atoms with Crippen LogP contribution in [0.4, 0.5) is 5.82 Å². The van der Waals surface area contributed by atoms with Crippen LogP contribution in [0.15, 0.2) is 24.3 Å². The quantitative estimate of drug-likeness (QED) is 0.768. The summed E-state index contributed by atoms with van der Waals surface area (Å²) < 4.78 is 1.94. The molecule has 3 heterocycles. The molecule has 1 aromatic carbocycles. The van der Waals surface area contributed by atoms with Crippen LogP contribution >= 0.6 is 0 Å². The van der Waals surface area contributed by atoms with Crippen molar-refractivity contribution in [3.63, 3.8) is 0 Å². The minimum atomic E-state index is -0.714. The minimum Gasteiger partial charge on any atom is -0.481 e. The van der Waals surface area contributed by atoms with Crippen LogP contribution in [0.25, 0.3) is 16.6 Å². The highest BCUT2D eigenvalue weighted by Gasteiger charge is 2.28. The van der Waals surface area contributed by atoms with Gasteiger partial charge in [0.05, 0.1) is 28.4 Å². The molecular formula is C20H23N5O2. The monoisotopic (exact) mass is 365 g/mol. The van der Waals surface area contributed by atoms with Gasteiger partial charge in [-0.3, -0.25) is 4.79 Å². The van der Waals surface area contributed by atoms with E-state index in [1.165, 1.54) is 5.56 Å². The topological polar surface area (TPSA) is 84.1 Å². The number of rotatable bonds is 3. The van der Waals surface area contributed by atoms with E-state index >= 15 is 0 Å². The highest BCUT2D eigenvalue weighted by atomic mass is 16.4. The first-order valence-corrected chi connectivity index (χ1v) is 9.23. The van der Waals surface area contributed by atoms with E-state index in [0.717, 1.165) is 33.8 Å². The lowest BCUT2D eigenvalue weighted by Crippen LogP contribution is -2.37. The molecule has 140 valence electrons. The molecule has 1 N–H and O–H groups in total. The molecule has 4 rings (SSSR count). The Hall–Kier alpha value is -2.96. The molecule has 0 aliphatic carbocycles. The number of carboxylic acid groups (broad SMARTS) is 1. The molecule has 7 nitrogen and oxygen atoms in total. The number of aromatic nitrogens is 4. The van der Waals surface area contributed by atoms with Gasteiger partial charge >= 0.3 is 5.97 Å². The summed E-state index contributed by atoms with van der Waals surface area (Å²) in [5, 5.41) is 23.9. The molecule has 0 bridgehead atoms. The summed E-state index contributed by atoms with van der Waals surface area (Å²) in [6, 6.07) is 8.26. The molecule has 0 spiro atoms. The first kappa shape index (κ1) is 17.5. The van der Waals surface area contributed by atoms with E-state index in [4.69, 9.17) is 5.10 Å². The lowest BCUT2D eigenvalue weighted by atomic mass is 9.97. The Balaban J connectivity index is 1.77. The van der Waals surface area contributed by atoms with Gasteiger partial charge in [0.2, 0.25) is 0 Å². The molecule has 2 aromatic heterocycles. The predicted molar refractivity (Wildman–Crippen MR) is 103 cm³/mol. The van der Waals surface area contributed by atoms with E-state index in [1.54, 1.807) is 0 Å². The third-order valence-corrected chi connectivity index (χ3v) is 5.41. The van der Waals surface area contributed by atoms with Gasteiger partial charge in [0.15, 0.2) is 5.82 Å². The Labute approximate surface area is 157 Å². The van der Waals surface area contributed by atoms with Crippen LogP contribution in [0, 0.1) is 26.7 Å². The minimum absolute atomic E-state index is 0.276. The van der Waals surface area contributed by atoms with Crippen LogP contribution < -0.4 is 4.90 Å². The highest BCUT2D eigenvalue weighted by Crippen LogP contribution is 2.31. The fourth-order valence-electron chi connectivity index (χ4n) is 3.80. The first-order chi connectivity index (χ1) is 13.0. The van der Waals surface area contributed by atoms with Crippen molar-refractivity contribution < 1.29 is 9.90 Å². The second kappa shape index (κ2) is 6.64. The second-order valence-electron chi connectivity index (χ2n) is 7.26. The maximum absolute atomic E-state index is 11.2. The number of carbonyl (C=O) groups is 1. The number of hydrogen-bond donors (Lipinski definition) is 1. The zero-order chi connectivity index (χ0) is 19.1. The Morgan fingerprint density at radius 1 is 1.07 bits per heavy atom. The van der Waals surface area contributed by atoms with Crippen LogP contribution in [0.1, 0.15) is 29.8 Å². The van der Waals surface area contributed by atoms with E-state index < -0.39 is 5.97 Å². The third kappa shape index (κ3) is 3.03. The largest absolute Gasteiger partial charge is 0.481 e. The van der Waals surface area contributed by atoms with E-state index in [9.17, 15) is 9.90 Å². The number of aryl methyl sites for hydroxylation is 3. The molecule has 0 amide bonds. The summed E-state index contributed by atoms with van der Waals surface area (Å²) in [6.07, 6.45) is 1.23. The summed E-state index contributed by atoms with van der Waals surface area (Å²) in [6.45, 7) is 7.36. The predicted octanol–water partition coefficient (Wildman–Crippen LogP) is 3.04. The number of fused-ring (bicyclic) bond motifs is 1. The Bertz CT molecular complexity index is 1000. The van der Waals surface area contributed by atoms with Gasteiger partial charge in [-0.15, -0.1) is 5.10 Å². The van der Waals surface area contributed by atoms with Crippen molar-refractivity contribution in [2.24, 2.45) is 5.92 Å². The standard InChI is InChI=1S/C20H23N5O2/c1-12-4-6-16(7-5-12)25-14(3)17-13(2)21-22-19(18(17)23-25)24-10-8-15(9-11-24)20(26)27/h4-7,15H,8-11H2,1-3H3,(H,26,27). The molecule has 1 fully saturated rings. The summed E-state index contributed by atoms with van der Waals surface area (Å²) in [7, 11) is 0. The van der Waals surface area contributed by atoms with Crippen molar-refractivity contribution in [2.45, 2.75) is 33.6 Å². The summed E-state index contributed by atoms with van der Waals surface area (Å²) in [5.74, 6) is -0.246. The van der Waals surface area contributed by atoms with E-state index in [1.807, 2.05) is 18.5 Å². The van der Waals surface area contributed by atoms with Gasteiger partial charge in [0.1, 0.15) is 5.52 Å². The number of aliphatic carboxylic acids is 1. The maximum atomic E-state index is 11.2. The molecular weight excluding hydrogens is 342 g/mol. The smallest absolute Gasteiger partial charge is 0.306 e. The van der Waals surface area contributed by atoms with Crippen molar-refractivity contribution in [3.05, 3.63) is 41.2 Å². The lowest BCUT2D eigenvalue weighted by molar-refractivity contribution is -0.142. The summed E-state index contributed by atoms with van der Waals surface area (Å²) in [4.78, 5) is 13.3. The fraction of sp³-hybridized carbons (Fsp3) is 0.400. The number of carboxylic acids is 1. The molecule has 3 aromatic rings. The molecule has 1 aliphatic rings. The SMILES string of the molecule is Cc1ccc(-n2nc3c(N4CCC(C(=O)O)CC4)nnc(C)c3c2C)cc1. The molecule has 0 atom stereocenters. The highest BCUT2D eigenvalue weighted by molar-refractivity contribution is 5.92. The van der Waals surface area contributed by atoms with Crippen LogP contribution in [0.3, 0.4) is 0 Å². The number of hydrogen-bond acceptors (Lipinski definition) is 5. The molecule has 1 aliphatic heterocycles. The van der Waals surface area contributed by atoms with Crippen molar-refractivity contribution in [2.75, 3.05) is 18.0 Å². The molecule has 0 saturated carbocycles. The van der Waals surface area contributed by atoms with Crippen LogP contribution in [0.2, 0.25) is 0 Å². The zero-order valence-corrected chi connectivity index (χ0v) is 15.8. The van der Waals surface area contributed by atoms with Gasteiger partial charge in [-0.1, -0.05) is 17.7 Å². The van der Waals surface area contributed by atoms with Crippen LogP contribution in [-0.2, 0) is 4.79 Å². The van der Waals surface area contributed by atoms with E-state index in [0.29, 0.717) is 25.9 Å². The van der Waals surface area contributed by atoms with Crippen LogP contribution in [-0.4, -0.2) is 44.1 Å². The van der Waals surface area contributed by atoms with Gasteiger partial charge in [0, 0.05) is 13.1 Å². The van der Waals surface area contributed by atoms with Gasteiger partial charge < -0.3 is 10.0 Å². The third-order valence-electron chi connectivity index (χ3n) is 5.41. The fourth-order valence-corrected chi connectivity index (χ4v) is 3.80. The number of benzene rings is 1. The van der Waals surface area contributed by atoms with Crippen molar-refractivity contribution in [1.29, 1.82) is 0 Å². The van der Waals surface area contributed by atoms with Crippen molar-refractivity contribution >= 4 is 22.7 Å². The maximum Gasteiger partial charge on any atom is 0.306 e. The molecule has 0 unspecified atom stereocenters. The average molecular weight is 365 g/mol. The van der Waals surface area contributed by atoms with Gasteiger partial charge in [-0.2, -0.15) is 10.2 Å². The van der Waals surface area contributed by atoms with Gasteiger partial charge in [-0.05, 0) is 45.7 Å². The van der Waals surface area contributed by atoms with E-state index in [-0.39, 0.29) is 5.92 Å². The number of anilines is 1. The number of piperidine rings is 1. The van der Waals surface area contributed by atoms with Crippen LogP contribution in [0.5, 0.6) is 0 Å². The molecule has 27 heavy (non-hydrogen) atoms. The Morgan fingerprint density at radius 3 is 2.37 bits per heavy atom. The summed E-state index contributed by atoms with van der Waals surface area (Å²) in [5.41, 5.74) is 4.92. The summed E-state index contributed by atoms with van der Waals surface area (Å²) >= 11 is 0. The van der Waals surface area contributed by atoms with E-state index in [2.05, 4.69) is 46.3 Å². The average Bonchev–Trinajstić information content (AvgIpc) is 3.01. The zero-order valence-electron chi connectivity index (χ0n) is 15.8. The molecule has 7 heteroatoms.